The number of nitrogens with one attached hydrogen (secondary N) is 2. The van der Waals surface area contributed by atoms with Crippen LogP contribution in [0.2, 0.25) is 0 Å². The molecule has 0 heterocycles. The minimum Gasteiger partial charge on any atom is -0.462 e. The van der Waals surface area contributed by atoms with E-state index < -0.39 is 0 Å². The van der Waals surface area contributed by atoms with Crippen LogP contribution in [0.3, 0.4) is 0 Å². The zero-order chi connectivity index (χ0) is 14.1. The Morgan fingerprint density at radius 3 is 2.58 bits per heavy atom. The maximum absolute atomic E-state index is 11.5. The molecule has 0 aromatic heterocycles. The summed E-state index contributed by atoms with van der Waals surface area (Å²) in [5, 5.41) is 5.46. The second-order valence-corrected chi connectivity index (χ2v) is 3.65. The van der Waals surface area contributed by atoms with E-state index in [0.29, 0.717) is 24.4 Å². The second-order valence-electron chi connectivity index (χ2n) is 3.65. The smallest absolute Gasteiger partial charge is 0.338 e. The number of rotatable bonds is 6. The highest BCUT2D eigenvalue weighted by molar-refractivity contribution is 5.94. The first-order valence-corrected chi connectivity index (χ1v) is 5.88. The summed E-state index contributed by atoms with van der Waals surface area (Å²) in [6.07, 6.45) is 5.05. The van der Waals surface area contributed by atoms with Crippen molar-refractivity contribution >= 4 is 17.6 Å². The van der Waals surface area contributed by atoms with E-state index in [1.165, 1.54) is 0 Å². The lowest BCUT2D eigenvalue weighted by Crippen LogP contribution is -2.28. The van der Waals surface area contributed by atoms with Gasteiger partial charge in [-0.1, -0.05) is 5.92 Å². The Morgan fingerprint density at radius 2 is 2.00 bits per heavy atom. The summed E-state index contributed by atoms with van der Waals surface area (Å²) in [7, 11) is 0. The van der Waals surface area contributed by atoms with Crippen LogP contribution >= 0.6 is 0 Å². The van der Waals surface area contributed by atoms with E-state index in [4.69, 9.17) is 11.2 Å². The Labute approximate surface area is 112 Å². The molecule has 5 nitrogen and oxygen atoms in total. The van der Waals surface area contributed by atoms with Gasteiger partial charge < -0.3 is 10.1 Å². The van der Waals surface area contributed by atoms with Crippen LogP contribution in [0.15, 0.2) is 24.3 Å². The van der Waals surface area contributed by atoms with Crippen LogP contribution in [0.5, 0.6) is 0 Å². The van der Waals surface area contributed by atoms with Crippen LogP contribution < -0.4 is 10.6 Å². The van der Waals surface area contributed by atoms with Gasteiger partial charge in [-0.25, -0.2) is 4.79 Å². The minimum atomic E-state index is -0.379. The van der Waals surface area contributed by atoms with Gasteiger partial charge in [-0.3, -0.25) is 10.1 Å². The quantitative estimate of drug-likeness (QED) is 0.455. The fraction of sp³-hybridized carbons (Fsp3) is 0.286. The molecule has 0 aliphatic rings. The molecular formula is C14H16N2O3. The zero-order valence-electron chi connectivity index (χ0n) is 10.7. The number of carbonyl (C=O) groups is 2. The molecule has 0 atom stereocenters. The van der Waals surface area contributed by atoms with Crippen LogP contribution in [0, 0.1) is 12.3 Å². The summed E-state index contributed by atoms with van der Waals surface area (Å²) in [5.74, 6) is 1.80. The third-order valence-corrected chi connectivity index (χ3v) is 2.19. The molecule has 0 saturated carbocycles. The van der Waals surface area contributed by atoms with Gasteiger partial charge in [-0.05, 0) is 31.2 Å². The third kappa shape index (κ3) is 5.23. The molecule has 1 amide bonds. The van der Waals surface area contributed by atoms with Crippen molar-refractivity contribution in [2.45, 2.75) is 6.92 Å². The molecule has 0 fully saturated rings. The summed E-state index contributed by atoms with van der Waals surface area (Å²) in [6.45, 7) is 2.56. The first kappa shape index (κ1) is 14.7. The number of benzene rings is 1. The Hall–Kier alpha value is -2.32. The summed E-state index contributed by atoms with van der Waals surface area (Å²) in [5.41, 5.74) is 1.06. The summed E-state index contributed by atoms with van der Waals surface area (Å²) >= 11 is 0. The van der Waals surface area contributed by atoms with Crippen molar-refractivity contribution in [1.82, 2.24) is 5.32 Å². The summed E-state index contributed by atoms with van der Waals surface area (Å²) in [6, 6.07) is 6.49. The zero-order valence-corrected chi connectivity index (χ0v) is 10.7. The maximum atomic E-state index is 11.5. The number of anilines is 1. The fourth-order valence-corrected chi connectivity index (χ4v) is 1.36. The van der Waals surface area contributed by atoms with Gasteiger partial charge >= 0.3 is 5.97 Å². The highest BCUT2D eigenvalue weighted by Gasteiger charge is 2.06. The third-order valence-electron chi connectivity index (χ3n) is 2.19. The normalized spacial score (nSPS) is 9.47. The molecule has 0 aliphatic heterocycles. The molecule has 0 saturated heterocycles. The van der Waals surface area contributed by atoms with Crippen LogP contribution in [0.25, 0.3) is 0 Å². The van der Waals surface area contributed by atoms with Crippen molar-refractivity contribution in [3.63, 3.8) is 0 Å². The summed E-state index contributed by atoms with van der Waals surface area (Å²) < 4.78 is 4.86. The van der Waals surface area contributed by atoms with E-state index in [1.54, 1.807) is 31.2 Å². The molecule has 2 N–H and O–H groups in total. The molecular weight excluding hydrogens is 244 g/mol. The topological polar surface area (TPSA) is 67.4 Å². The van der Waals surface area contributed by atoms with Gasteiger partial charge in [0.2, 0.25) is 5.91 Å². The number of amides is 1. The van der Waals surface area contributed by atoms with Gasteiger partial charge in [-0.15, -0.1) is 6.42 Å². The van der Waals surface area contributed by atoms with Gasteiger partial charge in [0.25, 0.3) is 0 Å². The summed E-state index contributed by atoms with van der Waals surface area (Å²) in [4.78, 5) is 22.9. The fourth-order valence-electron chi connectivity index (χ4n) is 1.36. The first-order chi connectivity index (χ1) is 9.17. The average Bonchev–Trinajstić information content (AvgIpc) is 2.40. The van der Waals surface area contributed by atoms with Crippen LogP contribution in [0.4, 0.5) is 5.69 Å². The van der Waals surface area contributed by atoms with Crippen LogP contribution in [-0.2, 0) is 9.53 Å². The minimum absolute atomic E-state index is 0.143. The predicted octanol–water partition coefficient (Wildman–Crippen LogP) is 1.02. The molecule has 5 heteroatoms. The maximum Gasteiger partial charge on any atom is 0.338 e. The lowest BCUT2D eigenvalue weighted by molar-refractivity contribution is -0.115. The van der Waals surface area contributed by atoms with Gasteiger partial charge in [0, 0.05) is 5.69 Å². The Morgan fingerprint density at radius 1 is 1.32 bits per heavy atom. The molecule has 0 bridgehead atoms. The lowest BCUT2D eigenvalue weighted by atomic mass is 10.2. The highest BCUT2D eigenvalue weighted by Crippen LogP contribution is 2.10. The van der Waals surface area contributed by atoms with Gasteiger partial charge in [0.05, 0.1) is 25.3 Å². The Bertz CT molecular complexity index is 474. The van der Waals surface area contributed by atoms with Gasteiger partial charge in [0.1, 0.15) is 0 Å². The van der Waals surface area contributed by atoms with Crippen molar-refractivity contribution in [1.29, 1.82) is 0 Å². The Balaban J connectivity index is 2.50. The standard InChI is InChI=1S/C14H16N2O3/c1-3-9-15-10-13(17)16-12-7-5-11(6-8-12)14(18)19-4-2/h1,5-8,15H,4,9-10H2,2H3,(H,16,17). The van der Waals surface area contributed by atoms with Crippen molar-refractivity contribution in [2.75, 3.05) is 25.0 Å². The molecule has 0 spiro atoms. The number of esters is 1. The highest BCUT2D eigenvalue weighted by atomic mass is 16.5. The molecule has 0 radical (unpaired) electrons. The SMILES string of the molecule is C#CCNCC(=O)Nc1ccc(C(=O)OCC)cc1. The lowest BCUT2D eigenvalue weighted by Gasteiger charge is -2.06. The van der Waals surface area contributed by atoms with E-state index in [9.17, 15) is 9.59 Å². The van der Waals surface area contributed by atoms with Crippen molar-refractivity contribution < 1.29 is 14.3 Å². The van der Waals surface area contributed by atoms with E-state index in [2.05, 4.69) is 16.6 Å². The van der Waals surface area contributed by atoms with E-state index in [-0.39, 0.29) is 18.4 Å². The molecule has 1 aromatic carbocycles. The van der Waals surface area contributed by atoms with Gasteiger partial charge in [0.15, 0.2) is 0 Å². The van der Waals surface area contributed by atoms with Gasteiger partial charge in [-0.2, -0.15) is 0 Å². The molecule has 1 aromatic rings. The van der Waals surface area contributed by atoms with Crippen molar-refractivity contribution in [3.05, 3.63) is 29.8 Å². The molecule has 1 rings (SSSR count). The van der Waals surface area contributed by atoms with Crippen molar-refractivity contribution in [3.8, 4) is 12.3 Å². The Kier molecular flexibility index (Phi) is 6.13. The van der Waals surface area contributed by atoms with Crippen molar-refractivity contribution in [2.24, 2.45) is 0 Å². The van der Waals surface area contributed by atoms with E-state index in [1.807, 2.05) is 0 Å². The van der Waals surface area contributed by atoms with E-state index in [0.717, 1.165) is 0 Å². The number of ether oxygens (including phenoxy) is 1. The van der Waals surface area contributed by atoms with Crippen LogP contribution in [-0.4, -0.2) is 31.6 Å². The number of terminal acetylenes is 1. The molecule has 0 unspecified atom stereocenters. The van der Waals surface area contributed by atoms with Crippen LogP contribution in [0.1, 0.15) is 17.3 Å². The number of hydrogen-bond acceptors (Lipinski definition) is 4. The first-order valence-electron chi connectivity index (χ1n) is 5.88. The largest absolute Gasteiger partial charge is 0.462 e. The predicted molar refractivity (Wildman–Crippen MR) is 72.7 cm³/mol. The second kappa shape index (κ2) is 7.90. The number of hydrogen-bond donors (Lipinski definition) is 2. The molecule has 19 heavy (non-hydrogen) atoms. The number of carbonyl (C=O) groups excluding carboxylic acids is 2. The van der Waals surface area contributed by atoms with E-state index >= 15 is 0 Å². The molecule has 100 valence electrons. The average molecular weight is 260 g/mol. The monoisotopic (exact) mass is 260 g/mol. The molecule has 0 aliphatic carbocycles.